The topological polar surface area (TPSA) is 38.0 Å². The van der Waals surface area contributed by atoms with E-state index in [1.165, 1.54) is 0 Å². The zero-order valence-electron chi connectivity index (χ0n) is 7.20. The number of aromatic nitrogens is 2. The van der Waals surface area contributed by atoms with Gasteiger partial charge in [-0.3, -0.25) is 4.68 Å². The lowest BCUT2D eigenvalue weighted by Crippen LogP contribution is -2.04. The molecule has 0 saturated heterocycles. The first-order valence-electron chi connectivity index (χ1n) is 3.77. The normalized spacial score (nSPS) is 13.5. The van der Waals surface area contributed by atoms with E-state index < -0.39 is 0 Å². The summed E-state index contributed by atoms with van der Waals surface area (Å²) < 4.78 is 1.77. The van der Waals surface area contributed by atoms with Gasteiger partial charge in [0.05, 0.1) is 11.8 Å². The first-order chi connectivity index (χ1) is 5.09. The van der Waals surface area contributed by atoms with Crippen molar-refractivity contribution in [3.63, 3.8) is 0 Å². The number of hydrogen-bond acceptors (Lipinski definition) is 2. The quantitative estimate of drug-likeness (QED) is 0.679. The molecule has 62 valence electrons. The average Bonchev–Trinajstić information content (AvgIpc) is 2.09. The minimum absolute atomic E-state index is 0.280. The zero-order valence-corrected chi connectivity index (χ0v) is 7.20. The van der Waals surface area contributed by atoms with Gasteiger partial charge in [0.15, 0.2) is 0 Å². The van der Waals surface area contributed by atoms with Crippen LogP contribution in [-0.2, 0) is 13.5 Å². The molecular formula is C8H14N2O. The maximum absolute atomic E-state index is 9.10. The highest BCUT2D eigenvalue weighted by molar-refractivity contribution is 5.15. The van der Waals surface area contributed by atoms with Crippen molar-refractivity contribution in [3.05, 3.63) is 17.5 Å². The molecule has 0 amide bonds. The third kappa shape index (κ3) is 2.05. The monoisotopic (exact) mass is 154 g/mol. The molecule has 1 rings (SSSR count). The van der Waals surface area contributed by atoms with Crippen LogP contribution >= 0.6 is 0 Å². The van der Waals surface area contributed by atoms with Crippen LogP contribution in [0.2, 0.25) is 0 Å². The molecule has 0 bridgehead atoms. The Morgan fingerprint density at radius 1 is 1.73 bits per heavy atom. The van der Waals surface area contributed by atoms with Gasteiger partial charge in [-0.1, -0.05) is 0 Å². The van der Waals surface area contributed by atoms with E-state index in [4.69, 9.17) is 5.11 Å². The van der Waals surface area contributed by atoms with Crippen molar-refractivity contribution in [1.29, 1.82) is 0 Å². The summed E-state index contributed by atoms with van der Waals surface area (Å²) in [4.78, 5) is 0. The largest absolute Gasteiger partial charge is 0.393 e. The number of aliphatic hydroxyl groups excluding tert-OH is 1. The summed E-state index contributed by atoms with van der Waals surface area (Å²) in [5.74, 6) is 0. The highest BCUT2D eigenvalue weighted by atomic mass is 16.3. The molecule has 3 nitrogen and oxygen atoms in total. The molecule has 3 heteroatoms. The maximum Gasteiger partial charge on any atom is 0.0626 e. The molecule has 0 aliphatic rings. The first-order valence-corrected chi connectivity index (χ1v) is 3.77. The van der Waals surface area contributed by atoms with Crippen LogP contribution in [0.1, 0.15) is 18.2 Å². The van der Waals surface area contributed by atoms with E-state index >= 15 is 0 Å². The van der Waals surface area contributed by atoms with Crippen molar-refractivity contribution in [2.24, 2.45) is 7.05 Å². The summed E-state index contributed by atoms with van der Waals surface area (Å²) in [7, 11) is 1.89. The lowest BCUT2D eigenvalue weighted by molar-refractivity contribution is 0.195. The molecule has 1 N–H and O–H groups in total. The first kappa shape index (κ1) is 8.27. The van der Waals surface area contributed by atoms with Crippen molar-refractivity contribution in [2.75, 3.05) is 0 Å². The SMILES string of the molecule is Cc1nn(C)cc1CC(C)O. The fourth-order valence-electron chi connectivity index (χ4n) is 1.17. The van der Waals surface area contributed by atoms with Gasteiger partial charge in [-0.2, -0.15) is 5.10 Å². The minimum atomic E-state index is -0.280. The number of rotatable bonds is 2. The van der Waals surface area contributed by atoms with Crippen molar-refractivity contribution >= 4 is 0 Å². The Morgan fingerprint density at radius 3 is 2.73 bits per heavy atom. The second kappa shape index (κ2) is 3.05. The van der Waals surface area contributed by atoms with E-state index in [2.05, 4.69) is 5.10 Å². The Hall–Kier alpha value is -0.830. The van der Waals surface area contributed by atoms with E-state index in [-0.39, 0.29) is 6.10 Å². The molecule has 1 unspecified atom stereocenters. The van der Waals surface area contributed by atoms with Gasteiger partial charge in [0.25, 0.3) is 0 Å². The molecule has 0 spiro atoms. The molecule has 0 fully saturated rings. The van der Waals surface area contributed by atoms with Crippen LogP contribution in [0.4, 0.5) is 0 Å². The number of nitrogens with zero attached hydrogens (tertiary/aromatic N) is 2. The molecule has 1 aromatic heterocycles. The fourth-order valence-corrected chi connectivity index (χ4v) is 1.17. The Bertz CT molecular complexity index is 240. The van der Waals surface area contributed by atoms with E-state index in [1.807, 2.05) is 20.2 Å². The summed E-state index contributed by atoms with van der Waals surface area (Å²) in [6.45, 7) is 3.74. The second-order valence-corrected chi connectivity index (χ2v) is 2.97. The molecule has 1 atom stereocenters. The highest BCUT2D eigenvalue weighted by Crippen LogP contribution is 2.07. The van der Waals surface area contributed by atoms with Crippen LogP contribution in [-0.4, -0.2) is 21.0 Å². The Kier molecular flexibility index (Phi) is 2.29. The molecule has 0 saturated carbocycles. The Balaban J connectivity index is 2.77. The molecule has 11 heavy (non-hydrogen) atoms. The number of aliphatic hydroxyl groups is 1. The summed E-state index contributed by atoms with van der Waals surface area (Å²) in [5.41, 5.74) is 2.14. The van der Waals surface area contributed by atoms with Crippen molar-refractivity contribution in [3.8, 4) is 0 Å². The third-order valence-corrected chi connectivity index (χ3v) is 1.63. The molecule has 0 aliphatic heterocycles. The summed E-state index contributed by atoms with van der Waals surface area (Å²) >= 11 is 0. The summed E-state index contributed by atoms with van der Waals surface area (Å²) in [6, 6.07) is 0. The van der Waals surface area contributed by atoms with Gasteiger partial charge in [0.2, 0.25) is 0 Å². The number of aryl methyl sites for hydroxylation is 2. The molecule has 0 aliphatic carbocycles. The van der Waals surface area contributed by atoms with Gasteiger partial charge in [-0.15, -0.1) is 0 Å². The van der Waals surface area contributed by atoms with Crippen LogP contribution < -0.4 is 0 Å². The van der Waals surface area contributed by atoms with Crippen LogP contribution in [0.15, 0.2) is 6.20 Å². The molecular weight excluding hydrogens is 140 g/mol. The van der Waals surface area contributed by atoms with Gasteiger partial charge in [-0.05, 0) is 19.4 Å². The summed E-state index contributed by atoms with van der Waals surface area (Å²) in [6.07, 6.45) is 2.36. The van der Waals surface area contributed by atoms with Gasteiger partial charge < -0.3 is 5.11 Å². The van der Waals surface area contributed by atoms with Crippen molar-refractivity contribution < 1.29 is 5.11 Å². The van der Waals surface area contributed by atoms with E-state index in [9.17, 15) is 0 Å². The lowest BCUT2D eigenvalue weighted by Gasteiger charge is -2.00. The van der Waals surface area contributed by atoms with Crippen LogP contribution in [0.25, 0.3) is 0 Å². The third-order valence-electron chi connectivity index (χ3n) is 1.63. The van der Waals surface area contributed by atoms with E-state index in [1.54, 1.807) is 11.6 Å². The molecule has 0 aromatic carbocycles. The second-order valence-electron chi connectivity index (χ2n) is 2.97. The zero-order chi connectivity index (χ0) is 8.43. The van der Waals surface area contributed by atoms with Gasteiger partial charge in [0.1, 0.15) is 0 Å². The smallest absolute Gasteiger partial charge is 0.0626 e. The number of hydrogen-bond donors (Lipinski definition) is 1. The van der Waals surface area contributed by atoms with Gasteiger partial charge in [-0.25, -0.2) is 0 Å². The van der Waals surface area contributed by atoms with Gasteiger partial charge >= 0.3 is 0 Å². The van der Waals surface area contributed by atoms with Crippen LogP contribution in [0, 0.1) is 6.92 Å². The highest BCUT2D eigenvalue weighted by Gasteiger charge is 2.05. The fraction of sp³-hybridized carbons (Fsp3) is 0.625. The Labute approximate surface area is 66.7 Å². The minimum Gasteiger partial charge on any atom is -0.393 e. The van der Waals surface area contributed by atoms with E-state index in [0.29, 0.717) is 6.42 Å². The van der Waals surface area contributed by atoms with E-state index in [0.717, 1.165) is 11.3 Å². The maximum atomic E-state index is 9.10. The van der Waals surface area contributed by atoms with Crippen molar-refractivity contribution in [2.45, 2.75) is 26.4 Å². The Morgan fingerprint density at radius 2 is 2.36 bits per heavy atom. The predicted molar refractivity (Wildman–Crippen MR) is 43.3 cm³/mol. The standard InChI is InChI=1S/C8H14N2O/c1-6(11)4-8-5-10(3)9-7(8)2/h5-6,11H,4H2,1-3H3. The predicted octanol–water partition coefficient (Wildman–Crippen LogP) is 0.652. The summed E-state index contributed by atoms with van der Waals surface area (Å²) in [5, 5.41) is 13.3. The average molecular weight is 154 g/mol. The van der Waals surface area contributed by atoms with Crippen LogP contribution in [0.3, 0.4) is 0 Å². The lowest BCUT2D eigenvalue weighted by atomic mass is 10.1. The van der Waals surface area contributed by atoms with Gasteiger partial charge in [0, 0.05) is 19.7 Å². The molecule has 1 heterocycles. The molecule has 1 aromatic rings. The molecule has 0 radical (unpaired) electrons. The van der Waals surface area contributed by atoms with Crippen LogP contribution in [0.5, 0.6) is 0 Å². The van der Waals surface area contributed by atoms with Crippen molar-refractivity contribution in [1.82, 2.24) is 9.78 Å².